The Kier molecular flexibility index (Phi) is 6.07. The molecular formula is C16H16BrN3O. The molecule has 5 heteroatoms. The van der Waals surface area contributed by atoms with E-state index in [1.807, 2.05) is 13.0 Å². The van der Waals surface area contributed by atoms with Crippen LogP contribution in [0.2, 0.25) is 0 Å². The number of hydrogen-bond acceptors (Lipinski definition) is 3. The van der Waals surface area contributed by atoms with Crippen LogP contribution in [-0.4, -0.2) is 17.9 Å². The molecule has 1 rings (SSSR count). The van der Waals surface area contributed by atoms with Crippen molar-refractivity contribution in [3.8, 4) is 6.07 Å². The maximum atomic E-state index is 12.3. The van der Waals surface area contributed by atoms with Crippen LogP contribution in [0.25, 0.3) is 0 Å². The van der Waals surface area contributed by atoms with Gasteiger partial charge in [-0.05, 0) is 37.6 Å². The Labute approximate surface area is 133 Å². The zero-order valence-electron chi connectivity index (χ0n) is 12.2. The third-order valence-corrected chi connectivity index (χ3v) is 3.80. The minimum atomic E-state index is -0.157. The Bertz CT molecular complexity index is 651. The molecule has 0 saturated heterocycles. The number of nitrogens with zero attached hydrogens (tertiary/aromatic N) is 3. The van der Waals surface area contributed by atoms with Crippen LogP contribution < -0.4 is 4.90 Å². The first-order valence-corrected chi connectivity index (χ1v) is 7.01. The normalized spacial score (nSPS) is 12.2. The van der Waals surface area contributed by atoms with Crippen LogP contribution in [0, 0.1) is 11.3 Å². The molecule has 0 radical (unpaired) electrons. The molecule has 0 bridgehead atoms. The standard InChI is InChI=1S/C16H16BrN3O/c1-5-14(17)11(2)8-12(3)16(21)20(4)15-7-6-13(9-18)10-19-15/h5-8,10H,1H2,2-4H3. The van der Waals surface area contributed by atoms with Crippen molar-refractivity contribution in [2.24, 2.45) is 0 Å². The largest absolute Gasteiger partial charge is 0.296 e. The molecule has 0 aliphatic rings. The van der Waals surface area contributed by atoms with Crippen molar-refractivity contribution in [2.75, 3.05) is 11.9 Å². The van der Waals surface area contributed by atoms with Crippen molar-refractivity contribution in [3.63, 3.8) is 0 Å². The zero-order chi connectivity index (χ0) is 16.0. The van der Waals surface area contributed by atoms with E-state index in [1.165, 1.54) is 11.1 Å². The molecule has 21 heavy (non-hydrogen) atoms. The van der Waals surface area contributed by atoms with E-state index in [4.69, 9.17) is 5.26 Å². The molecular weight excluding hydrogens is 330 g/mol. The van der Waals surface area contributed by atoms with Gasteiger partial charge >= 0.3 is 0 Å². The Morgan fingerprint density at radius 1 is 1.48 bits per heavy atom. The topological polar surface area (TPSA) is 57.0 Å². The fourth-order valence-electron chi connectivity index (χ4n) is 1.64. The first kappa shape index (κ1) is 16.9. The molecule has 0 unspecified atom stereocenters. The lowest BCUT2D eigenvalue weighted by Crippen LogP contribution is -2.27. The van der Waals surface area contributed by atoms with E-state index in [-0.39, 0.29) is 5.91 Å². The van der Waals surface area contributed by atoms with E-state index in [1.54, 1.807) is 38.3 Å². The van der Waals surface area contributed by atoms with E-state index in [0.717, 1.165) is 10.1 Å². The lowest BCUT2D eigenvalue weighted by molar-refractivity contribution is -0.114. The first-order valence-electron chi connectivity index (χ1n) is 6.22. The summed E-state index contributed by atoms with van der Waals surface area (Å²) in [5.74, 6) is 0.340. The molecule has 0 saturated carbocycles. The van der Waals surface area contributed by atoms with E-state index in [9.17, 15) is 4.79 Å². The van der Waals surface area contributed by atoms with Crippen molar-refractivity contribution in [3.05, 3.63) is 58.3 Å². The number of likely N-dealkylation sites (N-methyl/N-ethyl adjacent to an activating group) is 1. The minimum absolute atomic E-state index is 0.157. The van der Waals surface area contributed by atoms with Crippen LogP contribution in [0.15, 0.2) is 52.7 Å². The monoisotopic (exact) mass is 345 g/mol. The van der Waals surface area contributed by atoms with Crippen molar-refractivity contribution < 1.29 is 4.79 Å². The molecule has 0 spiro atoms. The van der Waals surface area contributed by atoms with Gasteiger partial charge in [-0.15, -0.1) is 0 Å². The lowest BCUT2D eigenvalue weighted by Gasteiger charge is -2.16. The summed E-state index contributed by atoms with van der Waals surface area (Å²) < 4.78 is 0.841. The average molecular weight is 346 g/mol. The van der Waals surface area contributed by atoms with Gasteiger partial charge in [0.15, 0.2) is 0 Å². The predicted molar refractivity (Wildman–Crippen MR) is 87.9 cm³/mol. The molecule has 0 aliphatic heterocycles. The molecule has 0 atom stereocenters. The molecule has 0 fully saturated rings. The zero-order valence-corrected chi connectivity index (χ0v) is 13.8. The predicted octanol–water partition coefficient (Wildman–Crippen LogP) is 3.72. The number of rotatable bonds is 4. The summed E-state index contributed by atoms with van der Waals surface area (Å²) in [6.45, 7) is 7.30. The number of anilines is 1. The highest BCUT2D eigenvalue weighted by Gasteiger charge is 2.14. The number of carbonyl (C=O) groups excluding carboxylic acids is 1. The van der Waals surface area contributed by atoms with Gasteiger partial charge in [0.05, 0.1) is 5.56 Å². The van der Waals surface area contributed by atoms with Crippen molar-refractivity contribution in [1.82, 2.24) is 4.98 Å². The Balaban J connectivity index is 2.99. The molecule has 0 N–H and O–H groups in total. The van der Waals surface area contributed by atoms with Gasteiger partial charge in [0.2, 0.25) is 0 Å². The Morgan fingerprint density at radius 2 is 2.14 bits per heavy atom. The third kappa shape index (κ3) is 4.40. The molecule has 1 amide bonds. The third-order valence-electron chi connectivity index (χ3n) is 2.85. The number of amides is 1. The molecule has 1 aromatic rings. The van der Waals surface area contributed by atoms with E-state index in [0.29, 0.717) is 17.0 Å². The van der Waals surface area contributed by atoms with Crippen molar-refractivity contribution >= 4 is 27.7 Å². The quantitative estimate of drug-likeness (QED) is 0.617. The summed E-state index contributed by atoms with van der Waals surface area (Å²) in [7, 11) is 1.65. The van der Waals surface area contributed by atoms with Crippen LogP contribution in [0.3, 0.4) is 0 Å². The van der Waals surface area contributed by atoms with Crippen LogP contribution >= 0.6 is 15.9 Å². The smallest absolute Gasteiger partial charge is 0.254 e. The molecule has 0 aliphatic carbocycles. The summed E-state index contributed by atoms with van der Waals surface area (Å²) >= 11 is 3.37. The highest BCUT2D eigenvalue weighted by atomic mass is 79.9. The van der Waals surface area contributed by atoms with Gasteiger partial charge in [-0.2, -0.15) is 5.26 Å². The van der Waals surface area contributed by atoms with Crippen molar-refractivity contribution in [2.45, 2.75) is 13.8 Å². The number of hydrogen-bond donors (Lipinski definition) is 0. The molecule has 1 heterocycles. The number of pyridine rings is 1. The number of aromatic nitrogens is 1. The maximum absolute atomic E-state index is 12.3. The van der Waals surface area contributed by atoms with Gasteiger partial charge in [0, 0.05) is 23.3 Å². The SMILES string of the molecule is C=CC(Br)=C(C)C=C(C)C(=O)N(C)c1ccc(C#N)cn1. The second-order valence-electron chi connectivity index (χ2n) is 4.44. The maximum Gasteiger partial charge on any atom is 0.254 e. The van der Waals surface area contributed by atoms with Gasteiger partial charge in [-0.25, -0.2) is 4.98 Å². The highest BCUT2D eigenvalue weighted by molar-refractivity contribution is 9.11. The number of allylic oxidation sites excluding steroid dienone is 4. The number of nitriles is 1. The fraction of sp³-hybridized carbons (Fsp3) is 0.188. The summed E-state index contributed by atoms with van der Waals surface area (Å²) in [5.41, 5.74) is 1.96. The van der Waals surface area contributed by atoms with Gasteiger partial charge in [-0.1, -0.05) is 28.6 Å². The summed E-state index contributed by atoms with van der Waals surface area (Å²) in [6.07, 6.45) is 4.90. The molecule has 1 aromatic heterocycles. The first-order chi connectivity index (χ1) is 9.90. The Morgan fingerprint density at radius 3 is 2.62 bits per heavy atom. The average Bonchev–Trinajstić information content (AvgIpc) is 2.52. The van der Waals surface area contributed by atoms with E-state index < -0.39 is 0 Å². The van der Waals surface area contributed by atoms with Gasteiger partial charge < -0.3 is 0 Å². The second-order valence-corrected chi connectivity index (χ2v) is 5.30. The fourth-order valence-corrected chi connectivity index (χ4v) is 1.75. The minimum Gasteiger partial charge on any atom is -0.296 e. The van der Waals surface area contributed by atoms with Gasteiger partial charge in [-0.3, -0.25) is 9.69 Å². The second kappa shape index (κ2) is 7.55. The summed E-state index contributed by atoms with van der Waals surface area (Å²) in [6, 6.07) is 5.27. The lowest BCUT2D eigenvalue weighted by atomic mass is 10.1. The molecule has 4 nitrogen and oxygen atoms in total. The van der Waals surface area contributed by atoms with E-state index in [2.05, 4.69) is 27.5 Å². The molecule has 108 valence electrons. The highest BCUT2D eigenvalue weighted by Crippen LogP contribution is 2.17. The Hall–Kier alpha value is -2.19. The van der Waals surface area contributed by atoms with Crippen LogP contribution in [-0.2, 0) is 4.79 Å². The number of carbonyl (C=O) groups is 1. The van der Waals surface area contributed by atoms with Gasteiger partial charge in [0.25, 0.3) is 5.91 Å². The van der Waals surface area contributed by atoms with E-state index >= 15 is 0 Å². The summed E-state index contributed by atoms with van der Waals surface area (Å²) in [5, 5.41) is 8.74. The molecule has 0 aromatic carbocycles. The number of halogens is 1. The van der Waals surface area contributed by atoms with Crippen molar-refractivity contribution in [1.29, 1.82) is 5.26 Å². The van der Waals surface area contributed by atoms with Crippen LogP contribution in [0.1, 0.15) is 19.4 Å². The van der Waals surface area contributed by atoms with Crippen LogP contribution in [0.4, 0.5) is 5.82 Å². The summed E-state index contributed by atoms with van der Waals surface area (Å²) in [4.78, 5) is 17.9. The van der Waals surface area contributed by atoms with Gasteiger partial charge in [0.1, 0.15) is 11.9 Å². The van der Waals surface area contributed by atoms with Crippen LogP contribution in [0.5, 0.6) is 0 Å².